The zero-order valence-corrected chi connectivity index (χ0v) is 20.9. The normalized spacial score (nSPS) is 10.6. The first kappa shape index (κ1) is 25.5. The summed E-state index contributed by atoms with van der Waals surface area (Å²) in [6.45, 7) is 0. The van der Waals surface area contributed by atoms with E-state index in [0.717, 1.165) is 10.8 Å². The lowest BCUT2D eigenvalue weighted by molar-refractivity contribution is 0.111. The second kappa shape index (κ2) is 11.0. The van der Waals surface area contributed by atoms with Crippen LogP contribution in [0.15, 0.2) is 66.7 Å². The molecule has 5 aromatic rings. The van der Waals surface area contributed by atoms with Crippen LogP contribution in [0.3, 0.4) is 0 Å². The molecule has 0 bridgehead atoms. The molecule has 2 heterocycles. The number of carbonyl (C=O) groups excluding carboxylic acids is 2. The van der Waals surface area contributed by atoms with Crippen molar-refractivity contribution < 1.29 is 18.7 Å². The van der Waals surface area contributed by atoms with Crippen molar-refractivity contribution in [3.63, 3.8) is 0 Å². The fourth-order valence-corrected chi connectivity index (χ4v) is 4.22. The third-order valence-corrected chi connectivity index (χ3v) is 6.19. The van der Waals surface area contributed by atoms with Crippen molar-refractivity contribution in [2.45, 2.75) is 0 Å². The van der Waals surface area contributed by atoms with E-state index in [0.29, 0.717) is 61.8 Å². The summed E-state index contributed by atoms with van der Waals surface area (Å²) in [6, 6.07) is 18.1. The van der Waals surface area contributed by atoms with E-state index < -0.39 is 5.82 Å². The Kier molecular flexibility index (Phi) is 7.79. The first-order valence-electron chi connectivity index (χ1n) is 10.4. The lowest BCUT2D eigenvalue weighted by Gasteiger charge is -2.11. The third-order valence-electron chi connectivity index (χ3n) is 5.27. The number of hydrogen-bond acceptors (Lipinski definition) is 5. The van der Waals surface area contributed by atoms with Gasteiger partial charge in [0.05, 0.1) is 39.4 Å². The first-order chi connectivity index (χ1) is 17.4. The molecule has 0 amide bonds. The monoisotopic (exact) mass is 540 g/mol. The highest BCUT2D eigenvalue weighted by Gasteiger charge is 2.15. The minimum atomic E-state index is -0.436. The molecule has 0 aliphatic rings. The molecule has 0 spiro atoms. The Bertz CT molecular complexity index is 1630. The van der Waals surface area contributed by atoms with Gasteiger partial charge in [-0.2, -0.15) is 0 Å². The van der Waals surface area contributed by atoms with Crippen molar-refractivity contribution in [3.8, 4) is 17.0 Å². The number of aldehydes is 2. The van der Waals surface area contributed by atoms with Gasteiger partial charge in [-0.25, -0.2) is 14.4 Å². The Morgan fingerprint density at radius 3 is 1.94 bits per heavy atom. The van der Waals surface area contributed by atoms with Crippen LogP contribution in [0.5, 0.6) is 5.75 Å². The highest BCUT2D eigenvalue weighted by molar-refractivity contribution is 6.36. The Labute approximate surface area is 220 Å². The predicted octanol–water partition coefficient (Wildman–Crippen LogP) is 7.87. The van der Waals surface area contributed by atoms with Gasteiger partial charge < -0.3 is 4.74 Å². The van der Waals surface area contributed by atoms with Gasteiger partial charge in [0.15, 0.2) is 12.6 Å². The van der Waals surface area contributed by atoms with Crippen LogP contribution >= 0.6 is 34.8 Å². The summed E-state index contributed by atoms with van der Waals surface area (Å²) in [5.41, 5.74) is 2.64. The third kappa shape index (κ3) is 5.16. The first-order valence-corrected chi connectivity index (χ1v) is 11.6. The fourth-order valence-electron chi connectivity index (χ4n) is 3.59. The van der Waals surface area contributed by atoms with Crippen LogP contribution in [0.25, 0.3) is 33.1 Å². The van der Waals surface area contributed by atoms with E-state index in [9.17, 15) is 14.0 Å². The van der Waals surface area contributed by atoms with Crippen molar-refractivity contribution in [1.82, 2.24) is 9.97 Å². The van der Waals surface area contributed by atoms with Gasteiger partial charge in [-0.1, -0.05) is 59.1 Å². The molecular weight excluding hydrogens is 526 g/mol. The molecule has 0 aliphatic heterocycles. The number of ether oxygens (including phenoxy) is 1. The van der Waals surface area contributed by atoms with Gasteiger partial charge in [0.2, 0.25) is 0 Å². The van der Waals surface area contributed by atoms with Crippen molar-refractivity contribution >= 4 is 69.2 Å². The molecule has 0 fully saturated rings. The van der Waals surface area contributed by atoms with E-state index in [2.05, 4.69) is 9.97 Å². The predicted molar refractivity (Wildman–Crippen MR) is 141 cm³/mol. The Hall–Kier alpha value is -3.58. The molecule has 0 saturated heterocycles. The number of carbonyl (C=O) groups is 2. The fraction of sp³-hybridized carbons (Fsp3) is 0.0370. The average Bonchev–Trinajstić information content (AvgIpc) is 2.89. The quantitative estimate of drug-likeness (QED) is 0.171. The molecular formula is C27H16Cl3FN2O3. The lowest BCUT2D eigenvalue weighted by atomic mass is 10.0. The number of rotatable bonds is 4. The van der Waals surface area contributed by atoms with Crippen LogP contribution in [0.1, 0.15) is 20.7 Å². The molecule has 9 heteroatoms. The van der Waals surface area contributed by atoms with E-state index in [-0.39, 0.29) is 5.15 Å². The van der Waals surface area contributed by atoms with Crippen LogP contribution in [-0.2, 0) is 0 Å². The van der Waals surface area contributed by atoms with Crippen molar-refractivity contribution in [3.05, 3.63) is 98.9 Å². The van der Waals surface area contributed by atoms with Crippen LogP contribution in [-0.4, -0.2) is 29.7 Å². The molecule has 5 rings (SSSR count). The molecule has 0 saturated carbocycles. The highest BCUT2D eigenvalue weighted by Crippen LogP contribution is 2.34. The number of halogens is 4. The van der Waals surface area contributed by atoms with Gasteiger partial charge in [-0.05, 0) is 42.5 Å². The summed E-state index contributed by atoms with van der Waals surface area (Å²) in [7, 11) is 1.48. The zero-order chi connectivity index (χ0) is 25.8. The molecule has 0 aliphatic carbocycles. The van der Waals surface area contributed by atoms with E-state index in [1.54, 1.807) is 36.4 Å². The van der Waals surface area contributed by atoms with Crippen LogP contribution < -0.4 is 4.74 Å². The number of aromatic nitrogens is 2. The second-order valence-corrected chi connectivity index (χ2v) is 8.67. The van der Waals surface area contributed by atoms with Crippen LogP contribution in [0.2, 0.25) is 15.2 Å². The van der Waals surface area contributed by atoms with Crippen molar-refractivity contribution in [2.24, 2.45) is 0 Å². The number of para-hydroxylation sites is 2. The minimum Gasteiger partial charge on any atom is -0.496 e. The number of nitrogens with zero attached hydrogens (tertiary/aromatic N) is 2. The molecule has 3 aromatic carbocycles. The highest BCUT2D eigenvalue weighted by atomic mass is 35.5. The minimum absolute atomic E-state index is 0.181. The van der Waals surface area contributed by atoms with E-state index in [1.807, 2.05) is 12.1 Å². The summed E-state index contributed by atoms with van der Waals surface area (Å²) < 4.78 is 18.8. The summed E-state index contributed by atoms with van der Waals surface area (Å²) >= 11 is 17.9. The lowest BCUT2D eigenvalue weighted by Crippen LogP contribution is -1.97. The summed E-state index contributed by atoms with van der Waals surface area (Å²) in [6.07, 6.45) is 1.36. The average molecular weight is 542 g/mol. The molecule has 0 unspecified atom stereocenters. The molecule has 36 heavy (non-hydrogen) atoms. The number of fused-ring (bicyclic) bond motifs is 2. The van der Waals surface area contributed by atoms with Gasteiger partial charge in [0.1, 0.15) is 16.7 Å². The summed E-state index contributed by atoms with van der Waals surface area (Å²) in [4.78, 5) is 30.5. The number of benzene rings is 3. The second-order valence-electron chi connectivity index (χ2n) is 7.50. The molecule has 2 aromatic heterocycles. The van der Waals surface area contributed by atoms with Crippen molar-refractivity contribution in [2.75, 3.05) is 7.11 Å². The standard InChI is InChI=1S/C17H11ClFNO2.C10H5Cl2NO/c1-22-15-6-5-12(19)8-13(15)16-11(9-21)7-10-3-2-4-14(18)17(10)20-16;11-8-3-1-2-6-4-7(5-14)10(12)13-9(6)8/h2-9H,1H3;1-5H. The van der Waals surface area contributed by atoms with Gasteiger partial charge >= 0.3 is 0 Å². The molecule has 0 N–H and O–H groups in total. The van der Waals surface area contributed by atoms with E-state index >= 15 is 0 Å². The smallest absolute Gasteiger partial charge is 0.153 e. The Morgan fingerprint density at radius 1 is 0.778 bits per heavy atom. The molecule has 0 atom stereocenters. The van der Waals surface area contributed by atoms with Gasteiger partial charge in [-0.3, -0.25) is 9.59 Å². The van der Waals surface area contributed by atoms with Crippen LogP contribution in [0.4, 0.5) is 4.39 Å². The number of pyridine rings is 2. The Morgan fingerprint density at radius 2 is 1.36 bits per heavy atom. The van der Waals surface area contributed by atoms with Gasteiger partial charge in [0, 0.05) is 21.9 Å². The maximum absolute atomic E-state index is 13.6. The SMILES string of the molecule is COc1ccc(F)cc1-c1nc2c(Cl)cccc2cc1C=O.O=Cc1cc2cccc(Cl)c2nc1Cl. The summed E-state index contributed by atoms with van der Waals surface area (Å²) in [5, 5.41) is 2.73. The van der Waals surface area contributed by atoms with Gasteiger partial charge in [0.25, 0.3) is 0 Å². The van der Waals surface area contributed by atoms with Crippen LogP contribution in [0, 0.1) is 5.82 Å². The maximum atomic E-state index is 13.6. The maximum Gasteiger partial charge on any atom is 0.153 e. The number of hydrogen-bond donors (Lipinski definition) is 0. The number of methoxy groups -OCH3 is 1. The van der Waals surface area contributed by atoms with E-state index in [1.165, 1.54) is 25.3 Å². The topological polar surface area (TPSA) is 69.2 Å². The molecule has 5 nitrogen and oxygen atoms in total. The molecule has 180 valence electrons. The largest absolute Gasteiger partial charge is 0.496 e. The Balaban J connectivity index is 0.000000187. The van der Waals surface area contributed by atoms with Crippen molar-refractivity contribution in [1.29, 1.82) is 0 Å². The summed E-state index contributed by atoms with van der Waals surface area (Å²) in [5.74, 6) is -0.00268. The van der Waals surface area contributed by atoms with Gasteiger partial charge in [-0.15, -0.1) is 0 Å². The van der Waals surface area contributed by atoms with E-state index in [4.69, 9.17) is 39.5 Å². The molecule has 0 radical (unpaired) electrons. The zero-order valence-electron chi connectivity index (χ0n) is 18.6.